The predicted octanol–water partition coefficient (Wildman–Crippen LogP) is 1.38. The van der Waals surface area contributed by atoms with Crippen LogP contribution in [0.25, 0.3) is 0 Å². The van der Waals surface area contributed by atoms with Gasteiger partial charge in [0, 0.05) is 11.6 Å². The van der Waals surface area contributed by atoms with Gasteiger partial charge in [0.25, 0.3) is 0 Å². The van der Waals surface area contributed by atoms with Gasteiger partial charge in [0.2, 0.25) is 0 Å². The van der Waals surface area contributed by atoms with Crippen molar-refractivity contribution in [3.8, 4) is 0 Å². The molecule has 2 nitrogen and oxygen atoms in total. The van der Waals surface area contributed by atoms with E-state index >= 15 is 0 Å². The monoisotopic (exact) mass is 209 g/mol. The summed E-state index contributed by atoms with van der Waals surface area (Å²) in [6.45, 7) is -0.359. The van der Waals surface area contributed by atoms with Crippen molar-refractivity contribution in [3.05, 3.63) is 35.4 Å². The minimum absolute atomic E-state index is 0. The van der Waals surface area contributed by atoms with E-state index in [9.17, 15) is 8.78 Å². The predicted molar refractivity (Wildman–Crippen MR) is 47.6 cm³/mol. The van der Waals surface area contributed by atoms with Crippen LogP contribution in [-0.2, 0) is 0 Å². The van der Waals surface area contributed by atoms with E-state index in [4.69, 9.17) is 10.8 Å². The minimum Gasteiger partial charge on any atom is -0.394 e. The van der Waals surface area contributed by atoms with E-state index in [1.807, 2.05) is 0 Å². The molecule has 0 radical (unpaired) electrons. The zero-order valence-corrected chi connectivity index (χ0v) is 7.52. The van der Waals surface area contributed by atoms with Crippen LogP contribution >= 0.6 is 12.4 Å². The zero-order chi connectivity index (χ0) is 9.14. The van der Waals surface area contributed by atoms with Crippen molar-refractivity contribution in [2.45, 2.75) is 6.04 Å². The molecule has 1 aromatic rings. The third-order valence-corrected chi connectivity index (χ3v) is 1.56. The summed E-state index contributed by atoms with van der Waals surface area (Å²) in [7, 11) is 0. The number of halogens is 3. The van der Waals surface area contributed by atoms with Crippen molar-refractivity contribution in [1.29, 1.82) is 0 Å². The SMILES string of the molecule is Cl.N[C@@H](CO)c1ccc(F)cc1F. The molecule has 0 aliphatic rings. The van der Waals surface area contributed by atoms with Crippen molar-refractivity contribution in [2.24, 2.45) is 5.73 Å². The van der Waals surface area contributed by atoms with Crippen LogP contribution in [0.1, 0.15) is 11.6 Å². The zero-order valence-electron chi connectivity index (χ0n) is 6.71. The molecule has 0 aromatic heterocycles. The first-order valence-corrected chi connectivity index (χ1v) is 3.46. The summed E-state index contributed by atoms with van der Waals surface area (Å²) in [6, 6.07) is 2.29. The Kier molecular flexibility index (Phi) is 4.83. The number of hydrogen-bond acceptors (Lipinski definition) is 2. The molecule has 0 unspecified atom stereocenters. The summed E-state index contributed by atoms with van der Waals surface area (Å²) >= 11 is 0. The number of benzene rings is 1. The Bertz CT molecular complexity index is 283. The van der Waals surface area contributed by atoms with Gasteiger partial charge in [-0.3, -0.25) is 0 Å². The molecule has 0 bridgehead atoms. The van der Waals surface area contributed by atoms with Crippen LogP contribution in [0, 0.1) is 11.6 Å². The van der Waals surface area contributed by atoms with Gasteiger partial charge in [0.15, 0.2) is 0 Å². The maximum Gasteiger partial charge on any atom is 0.130 e. The molecule has 5 heteroatoms. The summed E-state index contributed by atoms with van der Waals surface area (Å²) in [4.78, 5) is 0. The standard InChI is InChI=1S/C8H9F2NO.ClH/c9-5-1-2-6(7(10)3-5)8(11)4-12;/h1-3,8,12H,4,11H2;1H/t8-;/m0./s1. The first-order valence-electron chi connectivity index (χ1n) is 3.46. The summed E-state index contributed by atoms with van der Waals surface area (Å²) < 4.78 is 25.2. The Morgan fingerprint density at radius 3 is 2.46 bits per heavy atom. The highest BCUT2D eigenvalue weighted by molar-refractivity contribution is 5.85. The van der Waals surface area contributed by atoms with Crippen LogP contribution in [-0.4, -0.2) is 11.7 Å². The van der Waals surface area contributed by atoms with Gasteiger partial charge in [-0.2, -0.15) is 0 Å². The topological polar surface area (TPSA) is 46.2 Å². The van der Waals surface area contributed by atoms with E-state index in [-0.39, 0.29) is 24.6 Å². The molecule has 1 rings (SSSR count). The van der Waals surface area contributed by atoms with Crippen molar-refractivity contribution >= 4 is 12.4 Å². The highest BCUT2D eigenvalue weighted by atomic mass is 35.5. The maximum absolute atomic E-state index is 12.9. The lowest BCUT2D eigenvalue weighted by atomic mass is 10.1. The average molecular weight is 210 g/mol. The molecule has 0 amide bonds. The van der Waals surface area contributed by atoms with E-state index in [0.717, 1.165) is 12.1 Å². The van der Waals surface area contributed by atoms with E-state index in [1.165, 1.54) is 6.07 Å². The van der Waals surface area contributed by atoms with Gasteiger partial charge >= 0.3 is 0 Å². The van der Waals surface area contributed by atoms with Crippen LogP contribution in [0.4, 0.5) is 8.78 Å². The normalized spacial score (nSPS) is 12.0. The summed E-state index contributed by atoms with van der Waals surface area (Å²) in [5.41, 5.74) is 5.46. The van der Waals surface area contributed by atoms with Crippen LogP contribution in [0.3, 0.4) is 0 Å². The van der Waals surface area contributed by atoms with Gasteiger partial charge in [0.05, 0.1) is 12.6 Å². The molecular weight excluding hydrogens is 200 g/mol. The lowest BCUT2D eigenvalue weighted by molar-refractivity contribution is 0.265. The molecule has 74 valence electrons. The van der Waals surface area contributed by atoms with Crippen LogP contribution < -0.4 is 5.73 Å². The molecule has 0 fully saturated rings. The Morgan fingerprint density at radius 1 is 1.38 bits per heavy atom. The summed E-state index contributed by atoms with van der Waals surface area (Å²) in [5, 5.41) is 8.60. The highest BCUT2D eigenvalue weighted by Crippen LogP contribution is 2.15. The van der Waals surface area contributed by atoms with Crippen molar-refractivity contribution < 1.29 is 13.9 Å². The fourth-order valence-electron chi connectivity index (χ4n) is 0.901. The third kappa shape index (κ3) is 2.91. The lowest BCUT2D eigenvalue weighted by Crippen LogP contribution is -2.16. The van der Waals surface area contributed by atoms with Crippen LogP contribution in [0.15, 0.2) is 18.2 Å². The van der Waals surface area contributed by atoms with Gasteiger partial charge in [0.1, 0.15) is 11.6 Å². The van der Waals surface area contributed by atoms with E-state index in [0.29, 0.717) is 0 Å². The van der Waals surface area contributed by atoms with Gasteiger partial charge in [-0.1, -0.05) is 6.07 Å². The molecule has 0 aliphatic heterocycles. The van der Waals surface area contributed by atoms with Gasteiger partial charge in [-0.05, 0) is 6.07 Å². The Balaban J connectivity index is 0.00000144. The summed E-state index contributed by atoms with van der Waals surface area (Å²) in [6.07, 6.45) is 0. The second kappa shape index (κ2) is 5.11. The molecule has 3 N–H and O–H groups in total. The fraction of sp³-hybridized carbons (Fsp3) is 0.250. The average Bonchev–Trinajstić information content (AvgIpc) is 2.03. The Hall–Kier alpha value is -0.710. The first-order chi connectivity index (χ1) is 5.65. The molecule has 1 aromatic carbocycles. The second-order valence-electron chi connectivity index (χ2n) is 2.45. The minimum atomic E-state index is -0.786. The maximum atomic E-state index is 12.9. The molecule has 0 saturated carbocycles. The summed E-state index contributed by atoms with van der Waals surface area (Å²) in [5.74, 6) is -1.38. The molecule has 1 atom stereocenters. The quantitative estimate of drug-likeness (QED) is 0.773. The fourth-order valence-corrected chi connectivity index (χ4v) is 0.901. The smallest absolute Gasteiger partial charge is 0.130 e. The molecule has 0 aliphatic carbocycles. The van der Waals surface area contributed by atoms with E-state index < -0.39 is 17.7 Å². The van der Waals surface area contributed by atoms with Gasteiger partial charge in [-0.15, -0.1) is 12.4 Å². The molecule has 13 heavy (non-hydrogen) atoms. The molecular formula is C8H10ClF2NO. The number of rotatable bonds is 2. The molecule has 0 heterocycles. The molecule has 0 saturated heterocycles. The van der Waals surface area contributed by atoms with Crippen molar-refractivity contribution in [3.63, 3.8) is 0 Å². The highest BCUT2D eigenvalue weighted by Gasteiger charge is 2.10. The Labute approximate surface area is 80.8 Å². The Morgan fingerprint density at radius 2 is 2.00 bits per heavy atom. The second-order valence-corrected chi connectivity index (χ2v) is 2.45. The van der Waals surface area contributed by atoms with Crippen LogP contribution in [0.5, 0.6) is 0 Å². The van der Waals surface area contributed by atoms with Crippen LogP contribution in [0.2, 0.25) is 0 Å². The third-order valence-electron chi connectivity index (χ3n) is 1.56. The van der Waals surface area contributed by atoms with Crippen molar-refractivity contribution in [1.82, 2.24) is 0 Å². The number of aliphatic hydroxyl groups is 1. The van der Waals surface area contributed by atoms with E-state index in [2.05, 4.69) is 0 Å². The van der Waals surface area contributed by atoms with E-state index in [1.54, 1.807) is 0 Å². The number of aliphatic hydroxyl groups excluding tert-OH is 1. The largest absolute Gasteiger partial charge is 0.394 e. The lowest BCUT2D eigenvalue weighted by Gasteiger charge is -2.08. The molecule has 0 spiro atoms. The van der Waals surface area contributed by atoms with Crippen molar-refractivity contribution in [2.75, 3.05) is 6.61 Å². The van der Waals surface area contributed by atoms with Gasteiger partial charge in [-0.25, -0.2) is 8.78 Å². The van der Waals surface area contributed by atoms with Gasteiger partial charge < -0.3 is 10.8 Å². The number of nitrogens with two attached hydrogens (primary N) is 1. The first kappa shape index (κ1) is 12.3. The number of hydrogen-bond donors (Lipinski definition) is 2.